The van der Waals surface area contributed by atoms with E-state index in [1.807, 2.05) is 72.1 Å². The SMILES string of the molecule is N#CCc1ccc(NC(=O)c2cc(-c3cccs3)nc3ccccc23)cc1. The summed E-state index contributed by atoms with van der Waals surface area (Å²) in [6.07, 6.45) is 0.355. The third-order valence-electron chi connectivity index (χ3n) is 4.23. The molecule has 0 aliphatic rings. The lowest BCUT2D eigenvalue weighted by molar-refractivity contribution is 0.102. The van der Waals surface area contributed by atoms with E-state index in [1.54, 1.807) is 11.3 Å². The van der Waals surface area contributed by atoms with Crippen LogP contribution in [0.4, 0.5) is 5.69 Å². The van der Waals surface area contributed by atoms with Gasteiger partial charge in [-0.1, -0.05) is 36.4 Å². The lowest BCUT2D eigenvalue weighted by Gasteiger charge is -2.10. The largest absolute Gasteiger partial charge is 0.322 e. The van der Waals surface area contributed by atoms with Crippen LogP contribution in [0.3, 0.4) is 0 Å². The van der Waals surface area contributed by atoms with Gasteiger partial charge in [0.1, 0.15) is 0 Å². The van der Waals surface area contributed by atoms with Gasteiger partial charge in [0.15, 0.2) is 0 Å². The van der Waals surface area contributed by atoms with Crippen LogP contribution < -0.4 is 5.32 Å². The Morgan fingerprint density at radius 2 is 1.89 bits per heavy atom. The molecular formula is C22H15N3OS. The van der Waals surface area contributed by atoms with Crippen molar-refractivity contribution in [2.75, 3.05) is 5.32 Å². The normalized spacial score (nSPS) is 10.5. The predicted octanol–water partition coefficient (Wildman–Crippen LogP) is 5.28. The fourth-order valence-corrected chi connectivity index (χ4v) is 3.60. The molecule has 2 aromatic carbocycles. The number of para-hydroxylation sites is 1. The summed E-state index contributed by atoms with van der Waals surface area (Å²) in [5.41, 5.74) is 3.78. The maximum atomic E-state index is 13.0. The number of nitrogens with zero attached hydrogens (tertiary/aromatic N) is 2. The Bertz CT molecular complexity index is 1140. The number of benzene rings is 2. The Morgan fingerprint density at radius 1 is 1.07 bits per heavy atom. The van der Waals surface area contributed by atoms with E-state index < -0.39 is 0 Å². The Labute approximate surface area is 160 Å². The molecule has 1 amide bonds. The number of amides is 1. The molecule has 0 fully saturated rings. The molecule has 4 aromatic rings. The van der Waals surface area contributed by atoms with Gasteiger partial charge in [-0.2, -0.15) is 5.26 Å². The van der Waals surface area contributed by atoms with Crippen LogP contribution in [-0.4, -0.2) is 10.9 Å². The molecule has 1 N–H and O–H groups in total. The van der Waals surface area contributed by atoms with Crippen LogP contribution in [0.15, 0.2) is 72.1 Å². The number of nitrogens with one attached hydrogen (secondary N) is 1. The number of nitriles is 1. The predicted molar refractivity (Wildman–Crippen MR) is 109 cm³/mol. The summed E-state index contributed by atoms with van der Waals surface area (Å²) in [4.78, 5) is 18.7. The van der Waals surface area contributed by atoms with Crippen molar-refractivity contribution < 1.29 is 4.79 Å². The summed E-state index contributed by atoms with van der Waals surface area (Å²) < 4.78 is 0. The molecule has 4 nitrogen and oxygen atoms in total. The molecule has 0 aliphatic carbocycles. The van der Waals surface area contributed by atoms with Crippen molar-refractivity contribution in [3.8, 4) is 16.6 Å². The molecule has 0 aliphatic heterocycles. The number of carbonyl (C=O) groups excluding carboxylic acids is 1. The summed E-state index contributed by atoms with van der Waals surface area (Å²) in [5, 5.41) is 14.5. The summed E-state index contributed by atoms with van der Waals surface area (Å²) in [7, 11) is 0. The third kappa shape index (κ3) is 3.57. The van der Waals surface area contributed by atoms with Crippen LogP contribution in [0, 0.1) is 11.3 Å². The summed E-state index contributed by atoms with van der Waals surface area (Å²) in [6, 6.07) is 22.9. The minimum atomic E-state index is -0.181. The standard InChI is InChI=1S/C22H15N3OS/c23-12-11-15-7-9-16(10-8-15)24-22(26)18-14-20(21-6-3-13-27-21)25-19-5-2-1-4-17(18)19/h1-10,13-14H,11H2,(H,24,26). The van der Waals surface area contributed by atoms with Crippen molar-refractivity contribution in [2.45, 2.75) is 6.42 Å². The average molecular weight is 369 g/mol. The van der Waals surface area contributed by atoms with Gasteiger partial charge in [-0.3, -0.25) is 4.79 Å². The van der Waals surface area contributed by atoms with E-state index in [4.69, 9.17) is 10.2 Å². The smallest absolute Gasteiger partial charge is 0.256 e. The monoisotopic (exact) mass is 369 g/mol. The second-order valence-corrected chi connectivity index (χ2v) is 6.98. The molecule has 130 valence electrons. The van der Waals surface area contributed by atoms with Crippen LogP contribution in [0.1, 0.15) is 15.9 Å². The van der Waals surface area contributed by atoms with E-state index in [1.165, 1.54) is 0 Å². The van der Waals surface area contributed by atoms with Gasteiger partial charge in [-0.25, -0.2) is 4.98 Å². The van der Waals surface area contributed by atoms with Gasteiger partial charge in [-0.05, 0) is 41.3 Å². The van der Waals surface area contributed by atoms with Gasteiger partial charge in [0.25, 0.3) is 5.91 Å². The molecule has 5 heteroatoms. The van der Waals surface area contributed by atoms with Gasteiger partial charge in [-0.15, -0.1) is 11.3 Å². The molecule has 0 saturated heterocycles. The van der Waals surface area contributed by atoms with Crippen LogP contribution in [0.5, 0.6) is 0 Å². The lowest BCUT2D eigenvalue weighted by atomic mass is 10.1. The van der Waals surface area contributed by atoms with Crippen molar-refractivity contribution in [1.82, 2.24) is 4.98 Å². The first kappa shape index (κ1) is 17.0. The fraction of sp³-hybridized carbons (Fsp3) is 0.0455. The van der Waals surface area contributed by atoms with Crippen LogP contribution in [0.2, 0.25) is 0 Å². The molecular weight excluding hydrogens is 354 g/mol. The Balaban J connectivity index is 1.71. The van der Waals surface area contributed by atoms with Crippen LogP contribution in [-0.2, 0) is 6.42 Å². The molecule has 0 bridgehead atoms. The van der Waals surface area contributed by atoms with Crippen molar-refractivity contribution in [3.63, 3.8) is 0 Å². The zero-order valence-corrected chi connectivity index (χ0v) is 15.2. The summed E-state index contributed by atoms with van der Waals surface area (Å²) in [5.74, 6) is -0.181. The highest BCUT2D eigenvalue weighted by Crippen LogP contribution is 2.28. The Morgan fingerprint density at radius 3 is 2.63 bits per heavy atom. The van der Waals surface area contributed by atoms with Crippen LogP contribution in [0.25, 0.3) is 21.5 Å². The Hall–Kier alpha value is -3.49. The number of aromatic nitrogens is 1. The second kappa shape index (κ2) is 7.40. The number of anilines is 1. The quantitative estimate of drug-likeness (QED) is 0.532. The van der Waals surface area contributed by atoms with Crippen molar-refractivity contribution >= 4 is 33.8 Å². The van der Waals surface area contributed by atoms with Gasteiger partial charge in [0.2, 0.25) is 0 Å². The number of hydrogen-bond acceptors (Lipinski definition) is 4. The first-order chi connectivity index (χ1) is 13.2. The highest BCUT2D eigenvalue weighted by molar-refractivity contribution is 7.13. The molecule has 2 heterocycles. The molecule has 0 unspecified atom stereocenters. The Kier molecular flexibility index (Phi) is 4.65. The fourth-order valence-electron chi connectivity index (χ4n) is 2.91. The van der Waals surface area contributed by atoms with Gasteiger partial charge < -0.3 is 5.32 Å². The number of pyridine rings is 1. The zero-order valence-electron chi connectivity index (χ0n) is 14.3. The van der Waals surface area contributed by atoms with E-state index in [2.05, 4.69) is 11.4 Å². The van der Waals surface area contributed by atoms with Crippen molar-refractivity contribution in [3.05, 3.63) is 83.2 Å². The van der Waals surface area contributed by atoms with E-state index in [-0.39, 0.29) is 5.91 Å². The molecule has 0 atom stereocenters. The maximum absolute atomic E-state index is 13.0. The van der Waals surface area contributed by atoms with Crippen molar-refractivity contribution in [2.24, 2.45) is 0 Å². The summed E-state index contributed by atoms with van der Waals surface area (Å²) in [6.45, 7) is 0. The van der Waals surface area contributed by atoms with Gasteiger partial charge in [0.05, 0.1) is 34.1 Å². The maximum Gasteiger partial charge on any atom is 0.256 e. The van der Waals surface area contributed by atoms with Gasteiger partial charge in [0, 0.05) is 11.1 Å². The number of hydrogen-bond donors (Lipinski definition) is 1. The van der Waals surface area contributed by atoms with E-state index in [9.17, 15) is 4.79 Å². The third-order valence-corrected chi connectivity index (χ3v) is 5.12. The number of carbonyl (C=O) groups is 1. The minimum Gasteiger partial charge on any atom is -0.322 e. The average Bonchev–Trinajstić information content (AvgIpc) is 3.24. The summed E-state index contributed by atoms with van der Waals surface area (Å²) >= 11 is 1.59. The lowest BCUT2D eigenvalue weighted by Crippen LogP contribution is -2.13. The van der Waals surface area contributed by atoms with E-state index in [0.717, 1.165) is 27.0 Å². The molecule has 0 radical (unpaired) electrons. The minimum absolute atomic E-state index is 0.181. The first-order valence-electron chi connectivity index (χ1n) is 8.45. The molecule has 2 aromatic heterocycles. The van der Waals surface area contributed by atoms with E-state index in [0.29, 0.717) is 17.7 Å². The highest BCUT2D eigenvalue weighted by Gasteiger charge is 2.14. The number of thiophene rings is 1. The van der Waals surface area contributed by atoms with Gasteiger partial charge >= 0.3 is 0 Å². The van der Waals surface area contributed by atoms with E-state index >= 15 is 0 Å². The molecule has 27 heavy (non-hydrogen) atoms. The van der Waals surface area contributed by atoms with Crippen LogP contribution >= 0.6 is 11.3 Å². The zero-order chi connectivity index (χ0) is 18.6. The topological polar surface area (TPSA) is 65.8 Å². The number of fused-ring (bicyclic) bond motifs is 1. The molecule has 4 rings (SSSR count). The first-order valence-corrected chi connectivity index (χ1v) is 9.33. The number of rotatable bonds is 4. The molecule has 0 saturated carbocycles. The second-order valence-electron chi connectivity index (χ2n) is 6.04. The van der Waals surface area contributed by atoms with Crippen molar-refractivity contribution in [1.29, 1.82) is 5.26 Å². The highest BCUT2D eigenvalue weighted by atomic mass is 32.1. The molecule has 0 spiro atoms.